The predicted octanol–water partition coefficient (Wildman–Crippen LogP) is 1.25. The molecule has 1 N–H and O–H groups in total. The standard InChI is InChI=1S/C12H19N3O/c1-14(2)8-9-15(3)12-6-4-11(5-7-12)13-10-16/h4-7,10H,8-9H2,1-3H3,(H,13,16). The van der Waals surface area contributed by atoms with Gasteiger partial charge in [0.2, 0.25) is 6.41 Å². The lowest BCUT2D eigenvalue weighted by atomic mass is 10.2. The van der Waals surface area contributed by atoms with Crippen LogP contribution in [0.25, 0.3) is 0 Å². The van der Waals surface area contributed by atoms with E-state index >= 15 is 0 Å². The molecule has 0 unspecified atom stereocenters. The van der Waals surface area contributed by atoms with Gasteiger partial charge in [0, 0.05) is 31.5 Å². The molecule has 4 heteroatoms. The van der Waals surface area contributed by atoms with Gasteiger partial charge in [-0.1, -0.05) is 0 Å². The van der Waals surface area contributed by atoms with Crippen molar-refractivity contribution in [2.45, 2.75) is 0 Å². The average Bonchev–Trinajstić information content (AvgIpc) is 2.27. The van der Waals surface area contributed by atoms with Gasteiger partial charge >= 0.3 is 0 Å². The van der Waals surface area contributed by atoms with Crippen LogP contribution in [0.3, 0.4) is 0 Å². The van der Waals surface area contributed by atoms with Crippen molar-refractivity contribution in [3.8, 4) is 0 Å². The normalized spacial score (nSPS) is 10.2. The van der Waals surface area contributed by atoms with Crippen molar-refractivity contribution < 1.29 is 4.79 Å². The van der Waals surface area contributed by atoms with Crippen molar-refractivity contribution in [3.05, 3.63) is 24.3 Å². The van der Waals surface area contributed by atoms with Crippen LogP contribution in [0.2, 0.25) is 0 Å². The summed E-state index contributed by atoms with van der Waals surface area (Å²) in [6, 6.07) is 7.80. The summed E-state index contributed by atoms with van der Waals surface area (Å²) in [6.07, 6.45) is 0.685. The molecule has 1 aromatic rings. The van der Waals surface area contributed by atoms with Gasteiger partial charge in [0.1, 0.15) is 0 Å². The third-order valence-electron chi connectivity index (χ3n) is 2.42. The maximum absolute atomic E-state index is 10.2. The molecule has 0 fully saturated rings. The van der Waals surface area contributed by atoms with Crippen molar-refractivity contribution in [2.24, 2.45) is 0 Å². The van der Waals surface area contributed by atoms with E-state index in [0.29, 0.717) is 6.41 Å². The Labute approximate surface area is 96.9 Å². The fourth-order valence-electron chi connectivity index (χ4n) is 1.36. The van der Waals surface area contributed by atoms with E-state index in [1.54, 1.807) is 0 Å². The second-order valence-corrected chi connectivity index (χ2v) is 4.03. The van der Waals surface area contributed by atoms with Crippen LogP contribution in [0, 0.1) is 0 Å². The Hall–Kier alpha value is -1.55. The number of nitrogens with one attached hydrogen (secondary N) is 1. The average molecular weight is 221 g/mol. The lowest BCUT2D eigenvalue weighted by molar-refractivity contribution is -0.105. The predicted molar refractivity (Wildman–Crippen MR) is 68.0 cm³/mol. The zero-order valence-electron chi connectivity index (χ0n) is 10.1. The van der Waals surface area contributed by atoms with Crippen molar-refractivity contribution in [1.29, 1.82) is 0 Å². The smallest absolute Gasteiger partial charge is 0.211 e. The van der Waals surface area contributed by atoms with Crippen LogP contribution in [0.1, 0.15) is 0 Å². The van der Waals surface area contributed by atoms with Crippen LogP contribution in [0.5, 0.6) is 0 Å². The zero-order valence-corrected chi connectivity index (χ0v) is 10.1. The molecular formula is C12H19N3O. The van der Waals surface area contributed by atoms with E-state index in [1.165, 1.54) is 0 Å². The number of hydrogen-bond donors (Lipinski definition) is 1. The Morgan fingerprint density at radius 3 is 2.25 bits per heavy atom. The minimum Gasteiger partial charge on any atom is -0.373 e. The number of likely N-dealkylation sites (N-methyl/N-ethyl adjacent to an activating group) is 2. The van der Waals surface area contributed by atoms with E-state index in [2.05, 4.69) is 36.3 Å². The first-order chi connectivity index (χ1) is 7.63. The molecule has 16 heavy (non-hydrogen) atoms. The van der Waals surface area contributed by atoms with Gasteiger partial charge in [0.25, 0.3) is 0 Å². The largest absolute Gasteiger partial charge is 0.373 e. The molecule has 4 nitrogen and oxygen atoms in total. The number of carbonyl (C=O) groups is 1. The van der Waals surface area contributed by atoms with Gasteiger partial charge in [0.15, 0.2) is 0 Å². The van der Waals surface area contributed by atoms with Crippen molar-refractivity contribution in [1.82, 2.24) is 4.90 Å². The van der Waals surface area contributed by atoms with Crippen LogP contribution in [0.4, 0.5) is 11.4 Å². The molecule has 0 radical (unpaired) electrons. The topological polar surface area (TPSA) is 35.6 Å². The van der Waals surface area contributed by atoms with Gasteiger partial charge in [-0.3, -0.25) is 4.79 Å². The molecule has 1 aromatic carbocycles. The molecule has 0 atom stereocenters. The number of amides is 1. The van der Waals surface area contributed by atoms with Crippen molar-refractivity contribution >= 4 is 17.8 Å². The Morgan fingerprint density at radius 2 is 1.75 bits per heavy atom. The van der Waals surface area contributed by atoms with E-state index in [0.717, 1.165) is 24.5 Å². The van der Waals surface area contributed by atoms with Crippen LogP contribution >= 0.6 is 0 Å². The minimum absolute atomic E-state index is 0.685. The summed E-state index contributed by atoms with van der Waals surface area (Å²) in [4.78, 5) is 14.6. The third kappa shape index (κ3) is 3.90. The molecule has 88 valence electrons. The Morgan fingerprint density at radius 1 is 1.12 bits per heavy atom. The van der Waals surface area contributed by atoms with E-state index < -0.39 is 0 Å². The molecule has 0 saturated heterocycles. The molecule has 0 bridgehead atoms. The third-order valence-corrected chi connectivity index (χ3v) is 2.42. The van der Waals surface area contributed by atoms with Gasteiger partial charge < -0.3 is 15.1 Å². The van der Waals surface area contributed by atoms with E-state index in [1.807, 2.05) is 24.3 Å². The summed E-state index contributed by atoms with van der Waals surface area (Å²) in [7, 11) is 6.18. The van der Waals surface area contributed by atoms with E-state index in [4.69, 9.17) is 0 Å². The number of carbonyl (C=O) groups excluding carboxylic acids is 1. The highest BCUT2D eigenvalue weighted by atomic mass is 16.1. The minimum atomic E-state index is 0.685. The Balaban J connectivity index is 2.55. The van der Waals surface area contributed by atoms with Gasteiger partial charge in [-0.25, -0.2) is 0 Å². The molecule has 0 aliphatic heterocycles. The molecule has 0 heterocycles. The quantitative estimate of drug-likeness (QED) is 0.734. The van der Waals surface area contributed by atoms with Gasteiger partial charge in [-0.15, -0.1) is 0 Å². The lowest BCUT2D eigenvalue weighted by Gasteiger charge is -2.21. The number of rotatable bonds is 6. The highest BCUT2D eigenvalue weighted by molar-refractivity contribution is 5.72. The Bertz CT molecular complexity index is 322. The van der Waals surface area contributed by atoms with E-state index in [9.17, 15) is 4.79 Å². The van der Waals surface area contributed by atoms with Crippen LogP contribution in [-0.4, -0.2) is 45.5 Å². The molecule has 0 aliphatic carbocycles. The summed E-state index contributed by atoms with van der Waals surface area (Å²) in [5.41, 5.74) is 1.97. The molecule has 0 spiro atoms. The summed E-state index contributed by atoms with van der Waals surface area (Å²) in [5, 5.41) is 2.62. The number of benzene rings is 1. The number of hydrogen-bond acceptors (Lipinski definition) is 3. The fraction of sp³-hybridized carbons (Fsp3) is 0.417. The molecule has 0 aliphatic rings. The van der Waals surface area contributed by atoms with Gasteiger partial charge in [-0.05, 0) is 38.4 Å². The lowest BCUT2D eigenvalue weighted by Crippen LogP contribution is -2.28. The number of anilines is 2. The zero-order chi connectivity index (χ0) is 12.0. The van der Waals surface area contributed by atoms with E-state index in [-0.39, 0.29) is 0 Å². The first kappa shape index (κ1) is 12.5. The summed E-state index contributed by atoms with van der Waals surface area (Å²) >= 11 is 0. The maximum Gasteiger partial charge on any atom is 0.211 e. The van der Waals surface area contributed by atoms with Crippen molar-refractivity contribution in [2.75, 3.05) is 44.4 Å². The monoisotopic (exact) mass is 221 g/mol. The summed E-state index contributed by atoms with van der Waals surface area (Å²) in [6.45, 7) is 2.00. The van der Waals surface area contributed by atoms with Crippen LogP contribution in [-0.2, 0) is 4.79 Å². The van der Waals surface area contributed by atoms with Gasteiger partial charge in [0.05, 0.1) is 0 Å². The second-order valence-electron chi connectivity index (χ2n) is 4.03. The number of nitrogens with zero attached hydrogens (tertiary/aromatic N) is 2. The molecule has 1 amide bonds. The van der Waals surface area contributed by atoms with Crippen LogP contribution < -0.4 is 10.2 Å². The van der Waals surface area contributed by atoms with Crippen LogP contribution in [0.15, 0.2) is 24.3 Å². The second kappa shape index (κ2) is 6.12. The summed E-state index contributed by atoms with van der Waals surface area (Å²) < 4.78 is 0. The molecule has 1 rings (SSSR count). The highest BCUT2D eigenvalue weighted by Crippen LogP contribution is 2.15. The fourth-order valence-corrected chi connectivity index (χ4v) is 1.36. The maximum atomic E-state index is 10.2. The highest BCUT2D eigenvalue weighted by Gasteiger charge is 2.01. The SMILES string of the molecule is CN(C)CCN(C)c1ccc(NC=O)cc1. The Kier molecular flexibility index (Phi) is 4.79. The molecule has 0 aromatic heterocycles. The molecular weight excluding hydrogens is 202 g/mol. The first-order valence-electron chi connectivity index (χ1n) is 5.29. The molecule has 0 saturated carbocycles. The van der Waals surface area contributed by atoms with Gasteiger partial charge in [-0.2, -0.15) is 0 Å². The first-order valence-corrected chi connectivity index (χ1v) is 5.29. The van der Waals surface area contributed by atoms with Crippen molar-refractivity contribution in [3.63, 3.8) is 0 Å². The summed E-state index contributed by atoms with van der Waals surface area (Å²) in [5.74, 6) is 0.